The van der Waals surface area contributed by atoms with Gasteiger partial charge in [0.1, 0.15) is 6.04 Å². The van der Waals surface area contributed by atoms with Gasteiger partial charge in [0, 0.05) is 12.6 Å². The molecule has 0 aliphatic carbocycles. The fourth-order valence-corrected chi connectivity index (χ4v) is 2.90. The molecule has 5 nitrogen and oxygen atoms in total. The maximum absolute atomic E-state index is 11.7. The average Bonchev–Trinajstić information content (AvgIpc) is 2.48. The number of rotatable bonds is 3. The van der Waals surface area contributed by atoms with Crippen LogP contribution in [0.5, 0.6) is 0 Å². The van der Waals surface area contributed by atoms with Gasteiger partial charge in [0.15, 0.2) is 0 Å². The van der Waals surface area contributed by atoms with Gasteiger partial charge in [-0.25, -0.2) is 8.42 Å². The minimum atomic E-state index is -3.26. The van der Waals surface area contributed by atoms with Crippen molar-refractivity contribution in [3.8, 4) is 0 Å². The fourth-order valence-electron chi connectivity index (χ4n) is 1.78. The molecule has 0 spiro atoms. The van der Waals surface area contributed by atoms with E-state index in [2.05, 4.69) is 5.32 Å². The van der Waals surface area contributed by atoms with Crippen LogP contribution in [0.2, 0.25) is 0 Å². The van der Waals surface area contributed by atoms with E-state index in [0.717, 1.165) is 12.7 Å². The average molecular weight is 234 g/mol. The van der Waals surface area contributed by atoms with Crippen molar-refractivity contribution in [2.45, 2.75) is 38.8 Å². The summed E-state index contributed by atoms with van der Waals surface area (Å²) in [6, 6.07) is -0.470. The first-order valence-corrected chi connectivity index (χ1v) is 6.94. The van der Waals surface area contributed by atoms with Gasteiger partial charge >= 0.3 is 0 Å². The summed E-state index contributed by atoms with van der Waals surface area (Å²) in [5, 5.41) is 2.74. The third-order valence-electron chi connectivity index (χ3n) is 2.36. The lowest BCUT2D eigenvalue weighted by Crippen LogP contribution is -2.47. The molecule has 1 N–H and O–H groups in total. The molecule has 6 heteroatoms. The highest BCUT2D eigenvalue weighted by Crippen LogP contribution is 2.20. The second-order valence-electron chi connectivity index (χ2n) is 4.20. The van der Waals surface area contributed by atoms with E-state index in [-0.39, 0.29) is 11.9 Å². The number of hydrogen-bond acceptors (Lipinski definition) is 3. The van der Waals surface area contributed by atoms with E-state index in [1.165, 1.54) is 4.31 Å². The van der Waals surface area contributed by atoms with Crippen LogP contribution in [0, 0.1) is 0 Å². The van der Waals surface area contributed by atoms with Gasteiger partial charge in [0.2, 0.25) is 15.9 Å². The predicted molar refractivity (Wildman–Crippen MR) is 57.9 cm³/mol. The largest absolute Gasteiger partial charge is 0.353 e. The molecule has 15 heavy (non-hydrogen) atoms. The van der Waals surface area contributed by atoms with Crippen molar-refractivity contribution in [2.75, 3.05) is 12.8 Å². The van der Waals surface area contributed by atoms with Crippen molar-refractivity contribution in [1.29, 1.82) is 0 Å². The van der Waals surface area contributed by atoms with Crippen molar-refractivity contribution in [3.05, 3.63) is 0 Å². The first-order valence-electron chi connectivity index (χ1n) is 5.09. The van der Waals surface area contributed by atoms with Gasteiger partial charge in [0.05, 0.1) is 6.26 Å². The smallest absolute Gasteiger partial charge is 0.238 e. The second kappa shape index (κ2) is 4.49. The van der Waals surface area contributed by atoms with E-state index in [0.29, 0.717) is 13.0 Å². The van der Waals surface area contributed by atoms with Crippen molar-refractivity contribution >= 4 is 15.9 Å². The predicted octanol–water partition coefficient (Wildman–Crippen LogP) is -0.0650. The van der Waals surface area contributed by atoms with Crippen LogP contribution in [-0.4, -0.2) is 43.5 Å². The quantitative estimate of drug-likeness (QED) is 0.743. The number of amides is 1. The lowest BCUT2D eigenvalue weighted by atomic mass is 10.2. The van der Waals surface area contributed by atoms with Crippen LogP contribution in [-0.2, 0) is 14.8 Å². The van der Waals surface area contributed by atoms with Gasteiger partial charge in [-0.05, 0) is 26.7 Å². The Balaban J connectivity index is 2.73. The van der Waals surface area contributed by atoms with Crippen LogP contribution < -0.4 is 5.32 Å². The summed E-state index contributed by atoms with van der Waals surface area (Å²) in [7, 11) is -3.26. The molecule has 1 aliphatic rings. The topological polar surface area (TPSA) is 66.5 Å². The van der Waals surface area contributed by atoms with Crippen LogP contribution in [0.15, 0.2) is 0 Å². The molecule has 1 unspecified atom stereocenters. The zero-order chi connectivity index (χ0) is 11.6. The van der Waals surface area contributed by atoms with Gasteiger partial charge in [-0.2, -0.15) is 4.31 Å². The van der Waals surface area contributed by atoms with Crippen molar-refractivity contribution in [3.63, 3.8) is 0 Å². The van der Waals surface area contributed by atoms with E-state index in [4.69, 9.17) is 0 Å². The Bertz CT molecular complexity index is 337. The molecule has 0 aromatic heterocycles. The zero-order valence-electron chi connectivity index (χ0n) is 9.36. The summed E-state index contributed by atoms with van der Waals surface area (Å²) in [4.78, 5) is 11.7. The second-order valence-corrected chi connectivity index (χ2v) is 6.13. The van der Waals surface area contributed by atoms with Crippen LogP contribution in [0.4, 0.5) is 0 Å². The fraction of sp³-hybridized carbons (Fsp3) is 0.889. The standard InChI is InChI=1S/C9H18N2O3S/c1-7(2)10-9(12)8-5-4-6-11(8)15(3,13)14/h7-8H,4-6H2,1-3H3,(H,10,12). The molecule has 1 aliphatic heterocycles. The van der Waals surface area contributed by atoms with Gasteiger partial charge in [0.25, 0.3) is 0 Å². The molecule has 0 bridgehead atoms. The Morgan fingerprint density at radius 3 is 2.53 bits per heavy atom. The molecule has 1 rings (SSSR count). The Hall–Kier alpha value is -0.620. The Morgan fingerprint density at radius 1 is 1.47 bits per heavy atom. The molecule has 0 saturated carbocycles. The van der Waals surface area contributed by atoms with Crippen LogP contribution in [0.1, 0.15) is 26.7 Å². The minimum absolute atomic E-state index is 0.0412. The van der Waals surface area contributed by atoms with E-state index >= 15 is 0 Å². The van der Waals surface area contributed by atoms with E-state index < -0.39 is 16.1 Å². The SMILES string of the molecule is CC(C)NC(=O)C1CCCN1S(C)(=O)=O. The van der Waals surface area contributed by atoms with Crippen molar-refractivity contribution < 1.29 is 13.2 Å². The molecule has 1 atom stereocenters. The highest BCUT2D eigenvalue weighted by molar-refractivity contribution is 7.88. The molecule has 1 heterocycles. The number of nitrogens with zero attached hydrogens (tertiary/aromatic N) is 1. The molecule has 1 saturated heterocycles. The van der Waals surface area contributed by atoms with Gasteiger partial charge in [-0.3, -0.25) is 4.79 Å². The van der Waals surface area contributed by atoms with Crippen molar-refractivity contribution in [1.82, 2.24) is 9.62 Å². The lowest BCUT2D eigenvalue weighted by Gasteiger charge is -2.22. The number of nitrogens with one attached hydrogen (secondary N) is 1. The monoisotopic (exact) mass is 234 g/mol. The molecule has 0 aromatic rings. The maximum atomic E-state index is 11.7. The normalized spacial score (nSPS) is 23.3. The highest BCUT2D eigenvalue weighted by atomic mass is 32.2. The third kappa shape index (κ3) is 3.17. The Labute approximate surface area is 90.9 Å². The zero-order valence-corrected chi connectivity index (χ0v) is 10.2. The number of hydrogen-bond donors (Lipinski definition) is 1. The first-order chi connectivity index (χ1) is 6.82. The molecule has 0 aromatic carbocycles. The Kier molecular flexibility index (Phi) is 3.72. The lowest BCUT2D eigenvalue weighted by molar-refractivity contribution is -0.124. The third-order valence-corrected chi connectivity index (χ3v) is 3.65. The minimum Gasteiger partial charge on any atom is -0.353 e. The van der Waals surface area contributed by atoms with E-state index in [1.807, 2.05) is 13.8 Å². The van der Waals surface area contributed by atoms with Gasteiger partial charge < -0.3 is 5.32 Å². The van der Waals surface area contributed by atoms with Crippen molar-refractivity contribution in [2.24, 2.45) is 0 Å². The molecule has 88 valence electrons. The number of sulfonamides is 1. The summed E-state index contributed by atoms with van der Waals surface area (Å²) in [5.74, 6) is -0.187. The molecule has 1 amide bonds. The maximum Gasteiger partial charge on any atom is 0.238 e. The summed E-state index contributed by atoms with van der Waals surface area (Å²) in [6.07, 6.45) is 2.52. The number of carbonyl (C=O) groups excluding carboxylic acids is 1. The van der Waals surface area contributed by atoms with Crippen LogP contribution in [0.25, 0.3) is 0 Å². The van der Waals surface area contributed by atoms with Gasteiger partial charge in [-0.15, -0.1) is 0 Å². The van der Waals surface area contributed by atoms with Crippen LogP contribution >= 0.6 is 0 Å². The van der Waals surface area contributed by atoms with E-state index in [9.17, 15) is 13.2 Å². The van der Waals surface area contributed by atoms with E-state index in [1.54, 1.807) is 0 Å². The molecular formula is C9H18N2O3S. The molecule has 1 fully saturated rings. The highest BCUT2D eigenvalue weighted by Gasteiger charge is 2.36. The molecular weight excluding hydrogens is 216 g/mol. The summed E-state index contributed by atoms with van der Waals surface area (Å²) < 4.78 is 24.0. The molecule has 0 radical (unpaired) electrons. The Morgan fingerprint density at radius 2 is 2.07 bits per heavy atom. The van der Waals surface area contributed by atoms with Gasteiger partial charge in [-0.1, -0.05) is 0 Å². The first kappa shape index (κ1) is 12.4. The summed E-state index contributed by atoms with van der Waals surface area (Å²) in [6.45, 7) is 4.17. The van der Waals surface area contributed by atoms with Crippen LogP contribution in [0.3, 0.4) is 0 Å². The summed E-state index contributed by atoms with van der Waals surface area (Å²) >= 11 is 0. The summed E-state index contributed by atoms with van der Waals surface area (Å²) in [5.41, 5.74) is 0. The number of carbonyl (C=O) groups is 1.